The van der Waals surface area contributed by atoms with Gasteiger partial charge in [0.1, 0.15) is 6.04 Å². The van der Waals surface area contributed by atoms with Gasteiger partial charge < -0.3 is 19.9 Å². The highest BCUT2D eigenvalue weighted by molar-refractivity contribution is 6.48. The molecule has 1 saturated heterocycles. The highest BCUT2D eigenvalue weighted by atomic mass is 16.7. The number of benzene rings is 2. The number of fused-ring (bicyclic) bond motifs is 1. The Bertz CT molecular complexity index is 1310. The Balaban J connectivity index is 1.22. The third kappa shape index (κ3) is 5.43. The summed E-state index contributed by atoms with van der Waals surface area (Å²) < 4.78 is 13.4. The summed E-state index contributed by atoms with van der Waals surface area (Å²) in [6, 6.07) is 15.2. The van der Waals surface area contributed by atoms with Gasteiger partial charge in [-0.1, -0.05) is 70.2 Å². The van der Waals surface area contributed by atoms with E-state index in [1.54, 1.807) is 0 Å². The van der Waals surface area contributed by atoms with Crippen LogP contribution < -0.4 is 10.6 Å². The monoisotopic (exact) mass is 570 g/mol. The quantitative estimate of drug-likeness (QED) is 0.379. The molecule has 2 aromatic rings. The van der Waals surface area contributed by atoms with Crippen molar-refractivity contribution in [2.45, 2.75) is 110 Å². The molecule has 0 radical (unpaired) electrons. The van der Waals surface area contributed by atoms with Gasteiger partial charge in [-0.05, 0) is 97.8 Å². The van der Waals surface area contributed by atoms with Crippen molar-refractivity contribution in [3.63, 3.8) is 0 Å². The second kappa shape index (κ2) is 11.5. The van der Waals surface area contributed by atoms with Crippen LogP contribution in [0.3, 0.4) is 0 Å². The number of hydrogen-bond acceptors (Lipinski definition) is 4. The van der Waals surface area contributed by atoms with Gasteiger partial charge >= 0.3 is 7.12 Å². The number of carbonyl (C=O) groups excluding carboxylic acids is 2. The van der Waals surface area contributed by atoms with Crippen LogP contribution in [0.4, 0.5) is 0 Å². The molecule has 2 bridgehead atoms. The molecule has 6 nitrogen and oxygen atoms in total. The Hall–Kier alpha value is -2.64. The molecule has 0 unspecified atom stereocenters. The maximum absolute atomic E-state index is 14.1. The summed E-state index contributed by atoms with van der Waals surface area (Å²) >= 11 is 0. The molecule has 5 aliphatic rings. The maximum Gasteiger partial charge on any atom is 0.481 e. The molecule has 7 rings (SSSR count). The zero-order valence-corrected chi connectivity index (χ0v) is 26.0. The molecular weight excluding hydrogens is 523 g/mol. The third-order valence-electron chi connectivity index (χ3n) is 10.9. The van der Waals surface area contributed by atoms with E-state index in [0.29, 0.717) is 29.7 Å². The molecule has 7 heteroatoms. The van der Waals surface area contributed by atoms with Crippen molar-refractivity contribution in [2.24, 2.45) is 23.2 Å². The summed E-state index contributed by atoms with van der Waals surface area (Å²) in [5.41, 5.74) is 3.99. The lowest BCUT2D eigenvalue weighted by molar-refractivity contribution is -0.199. The molecule has 3 saturated carbocycles. The van der Waals surface area contributed by atoms with E-state index in [-0.39, 0.29) is 34.9 Å². The van der Waals surface area contributed by atoms with E-state index in [2.05, 4.69) is 51.3 Å². The minimum atomic E-state index is -0.722. The second-order valence-corrected chi connectivity index (χ2v) is 14.4. The Labute approximate surface area is 251 Å². The fourth-order valence-electron chi connectivity index (χ4n) is 8.39. The van der Waals surface area contributed by atoms with Crippen molar-refractivity contribution >= 4 is 18.9 Å². The van der Waals surface area contributed by atoms with Crippen LogP contribution >= 0.6 is 0 Å². The van der Waals surface area contributed by atoms with Gasteiger partial charge in [0.15, 0.2) is 0 Å². The van der Waals surface area contributed by atoms with Crippen molar-refractivity contribution in [3.8, 4) is 0 Å². The first kappa shape index (κ1) is 29.4. The van der Waals surface area contributed by atoms with Crippen molar-refractivity contribution < 1.29 is 18.9 Å². The van der Waals surface area contributed by atoms with E-state index < -0.39 is 13.2 Å². The lowest BCUT2D eigenvalue weighted by Gasteiger charge is -2.64. The minimum absolute atomic E-state index is 0.0508. The molecular formula is C35H47BN2O4. The number of carbonyl (C=O) groups is 2. The zero-order chi connectivity index (χ0) is 29.6. The lowest BCUT2D eigenvalue weighted by atomic mass is 9.43. The van der Waals surface area contributed by atoms with E-state index in [9.17, 15) is 9.59 Å². The number of hydrogen-bond donors (Lipinski definition) is 2. The average Bonchev–Trinajstić information content (AvgIpc) is 3.33. The minimum Gasteiger partial charge on any atom is -0.404 e. The summed E-state index contributed by atoms with van der Waals surface area (Å²) in [6.07, 6.45) is 7.52. The molecule has 4 fully saturated rings. The van der Waals surface area contributed by atoms with Crippen LogP contribution in [0.25, 0.3) is 0 Å². The fourth-order valence-corrected chi connectivity index (χ4v) is 8.39. The van der Waals surface area contributed by atoms with Crippen molar-refractivity contribution in [1.82, 2.24) is 10.6 Å². The predicted octanol–water partition coefficient (Wildman–Crippen LogP) is 5.70. The highest BCUT2D eigenvalue weighted by Gasteiger charge is 2.68. The first-order valence-electron chi connectivity index (χ1n) is 16.2. The fraction of sp³-hybridized carbons (Fsp3) is 0.600. The standard InChI is InChI=1S/C35H47BN2O4/c1-22(2)18-31(36-41-30-21-25-20-29(34(25,3)4)35(30,5)42-36)38-33(40)28(19-23-12-7-6-8-13-23)37-32(39)27-17-11-15-24-14-9-10-16-26(24)27/h6-8,11-13,15,17,22,25,28-31H,9-10,14,16,18-21H2,1-5H3,(H,37,39)(H,38,40)/t25-,28+,29-,30+,31-,35-/m1/s1. The summed E-state index contributed by atoms with van der Waals surface area (Å²) in [7, 11) is -0.504. The van der Waals surface area contributed by atoms with E-state index in [1.807, 2.05) is 42.5 Å². The summed E-state index contributed by atoms with van der Waals surface area (Å²) in [6.45, 7) is 11.2. The van der Waals surface area contributed by atoms with E-state index in [4.69, 9.17) is 9.31 Å². The zero-order valence-electron chi connectivity index (χ0n) is 26.0. The van der Waals surface area contributed by atoms with Gasteiger partial charge in [-0.3, -0.25) is 9.59 Å². The van der Waals surface area contributed by atoms with Crippen LogP contribution in [-0.4, -0.2) is 42.6 Å². The molecule has 0 spiro atoms. The maximum atomic E-state index is 14.1. The second-order valence-electron chi connectivity index (χ2n) is 14.4. The molecule has 1 aliphatic heterocycles. The molecule has 0 aromatic heterocycles. The molecule has 224 valence electrons. The topological polar surface area (TPSA) is 76.7 Å². The van der Waals surface area contributed by atoms with Crippen LogP contribution in [0.2, 0.25) is 0 Å². The molecule has 2 aromatic carbocycles. The predicted molar refractivity (Wildman–Crippen MR) is 166 cm³/mol. The number of nitrogens with one attached hydrogen (secondary N) is 2. The largest absolute Gasteiger partial charge is 0.481 e. The van der Waals surface area contributed by atoms with Crippen molar-refractivity contribution in [3.05, 3.63) is 70.8 Å². The molecule has 42 heavy (non-hydrogen) atoms. The number of amides is 2. The first-order chi connectivity index (χ1) is 20.1. The summed E-state index contributed by atoms with van der Waals surface area (Å²) in [5, 5.41) is 6.43. The Morgan fingerprint density at radius 2 is 1.74 bits per heavy atom. The van der Waals surface area contributed by atoms with Crippen LogP contribution in [0.5, 0.6) is 0 Å². The smallest absolute Gasteiger partial charge is 0.404 e. The van der Waals surface area contributed by atoms with E-state index in [1.165, 1.54) is 12.0 Å². The van der Waals surface area contributed by atoms with Crippen LogP contribution in [0, 0.1) is 23.2 Å². The Kier molecular flexibility index (Phi) is 8.03. The highest BCUT2D eigenvalue weighted by Crippen LogP contribution is 2.65. The molecule has 2 amide bonds. The van der Waals surface area contributed by atoms with Gasteiger partial charge in [0.2, 0.25) is 5.91 Å². The van der Waals surface area contributed by atoms with Crippen molar-refractivity contribution in [2.75, 3.05) is 0 Å². The van der Waals surface area contributed by atoms with Crippen LogP contribution in [0.1, 0.15) is 93.8 Å². The Morgan fingerprint density at radius 1 is 0.976 bits per heavy atom. The Morgan fingerprint density at radius 3 is 2.48 bits per heavy atom. The molecule has 1 heterocycles. The number of rotatable bonds is 9. The van der Waals surface area contributed by atoms with Gasteiger partial charge in [0, 0.05) is 12.0 Å². The van der Waals surface area contributed by atoms with Gasteiger partial charge in [0.25, 0.3) is 5.91 Å². The van der Waals surface area contributed by atoms with E-state index >= 15 is 0 Å². The van der Waals surface area contributed by atoms with Crippen LogP contribution in [-0.2, 0) is 33.4 Å². The SMILES string of the molecule is CC(C)C[C@@H](NC(=O)[C@H](Cc1ccccc1)NC(=O)c1cccc2c1CCCC2)B1O[C@H]2C[C@H]3C[C@H](C3(C)C)[C@@]2(C)O1. The van der Waals surface area contributed by atoms with E-state index in [0.717, 1.165) is 49.7 Å². The lowest BCUT2D eigenvalue weighted by Crippen LogP contribution is -2.65. The molecule has 6 atom stereocenters. The van der Waals surface area contributed by atoms with Crippen LogP contribution in [0.15, 0.2) is 48.5 Å². The summed E-state index contributed by atoms with van der Waals surface area (Å²) in [4.78, 5) is 27.8. The summed E-state index contributed by atoms with van der Waals surface area (Å²) in [5.74, 6) is 0.769. The van der Waals surface area contributed by atoms with Gasteiger partial charge in [-0.25, -0.2) is 0 Å². The van der Waals surface area contributed by atoms with Gasteiger partial charge in [0.05, 0.1) is 17.6 Å². The van der Waals surface area contributed by atoms with Gasteiger partial charge in [-0.2, -0.15) is 0 Å². The normalized spacial score (nSPS) is 28.7. The van der Waals surface area contributed by atoms with Crippen molar-refractivity contribution in [1.29, 1.82) is 0 Å². The molecule has 4 aliphatic carbocycles. The molecule has 2 N–H and O–H groups in total. The third-order valence-corrected chi connectivity index (χ3v) is 10.9. The average molecular weight is 571 g/mol. The van der Waals surface area contributed by atoms with Gasteiger partial charge in [-0.15, -0.1) is 0 Å². The number of aryl methyl sites for hydroxylation is 1. The first-order valence-corrected chi connectivity index (χ1v) is 16.2.